The van der Waals surface area contributed by atoms with Gasteiger partial charge in [0, 0.05) is 24.5 Å². The zero-order valence-corrected chi connectivity index (χ0v) is 21.5. The van der Waals surface area contributed by atoms with E-state index in [0.29, 0.717) is 18.6 Å². The number of hydrogen-bond acceptors (Lipinski definition) is 7. The summed E-state index contributed by atoms with van der Waals surface area (Å²) < 4.78 is 17.1. The standard InChI is InChI=1S/C29H34N4O4/c1-18-29(34)32-25-13-20(5-10-26(25)37-18)15-30-21-6-3-19(4-7-21)17-33-11-12-36-27-16-31-24-9-8-22(35-2)14-23(24)28(27)33/h5,8-10,13-14,16,18-19,21,30H,3-4,6-7,11-12,15,17H2,1-2H3,(H,32,34). The summed E-state index contributed by atoms with van der Waals surface area (Å²) in [4.78, 5) is 19.0. The molecule has 1 aliphatic carbocycles. The number of methoxy groups -OCH3 is 1. The molecule has 3 aromatic rings. The smallest absolute Gasteiger partial charge is 0.265 e. The second-order valence-corrected chi connectivity index (χ2v) is 10.3. The van der Waals surface area contributed by atoms with E-state index in [9.17, 15) is 4.79 Å². The normalized spacial score (nSPS) is 22.9. The first-order valence-electron chi connectivity index (χ1n) is 13.3. The molecule has 8 nitrogen and oxygen atoms in total. The Morgan fingerprint density at radius 1 is 1.14 bits per heavy atom. The van der Waals surface area contributed by atoms with Crippen molar-refractivity contribution in [3.05, 3.63) is 48.2 Å². The predicted molar refractivity (Wildman–Crippen MR) is 144 cm³/mol. The number of aromatic nitrogens is 1. The highest BCUT2D eigenvalue weighted by atomic mass is 16.5. The number of nitrogens with one attached hydrogen (secondary N) is 2. The summed E-state index contributed by atoms with van der Waals surface area (Å²) in [6, 6.07) is 12.6. The molecule has 3 heterocycles. The Labute approximate surface area is 217 Å². The molecule has 1 unspecified atom stereocenters. The molecule has 2 N–H and O–H groups in total. The Bertz CT molecular complexity index is 1300. The minimum absolute atomic E-state index is 0.0952. The van der Waals surface area contributed by atoms with Crippen LogP contribution in [-0.4, -0.2) is 49.8 Å². The monoisotopic (exact) mass is 502 g/mol. The molecule has 6 rings (SSSR count). The maximum Gasteiger partial charge on any atom is 0.265 e. The molecule has 1 fully saturated rings. The fourth-order valence-electron chi connectivity index (χ4n) is 5.75. The number of benzene rings is 2. The Hall–Kier alpha value is -3.52. The van der Waals surface area contributed by atoms with Crippen LogP contribution in [0.1, 0.15) is 38.2 Å². The quantitative estimate of drug-likeness (QED) is 0.513. The number of carbonyl (C=O) groups is 1. The van der Waals surface area contributed by atoms with Crippen LogP contribution in [0.4, 0.5) is 11.4 Å². The van der Waals surface area contributed by atoms with E-state index in [-0.39, 0.29) is 5.91 Å². The highest BCUT2D eigenvalue weighted by molar-refractivity contribution is 5.97. The minimum Gasteiger partial charge on any atom is -0.497 e. The summed E-state index contributed by atoms with van der Waals surface area (Å²) in [5, 5.41) is 7.76. The van der Waals surface area contributed by atoms with Crippen molar-refractivity contribution >= 4 is 28.2 Å². The summed E-state index contributed by atoms with van der Waals surface area (Å²) in [5.41, 5.74) is 4.02. The summed E-state index contributed by atoms with van der Waals surface area (Å²) in [7, 11) is 1.70. The minimum atomic E-state index is -0.448. The van der Waals surface area contributed by atoms with Gasteiger partial charge in [0.15, 0.2) is 11.9 Å². The van der Waals surface area contributed by atoms with Gasteiger partial charge < -0.3 is 29.7 Å². The van der Waals surface area contributed by atoms with Gasteiger partial charge in [0.05, 0.1) is 36.7 Å². The number of pyridine rings is 1. The van der Waals surface area contributed by atoms with Crippen LogP contribution < -0.4 is 29.7 Å². The molecule has 1 aromatic heterocycles. The van der Waals surface area contributed by atoms with Gasteiger partial charge in [0.1, 0.15) is 18.1 Å². The topological polar surface area (TPSA) is 85.0 Å². The van der Waals surface area contributed by atoms with Gasteiger partial charge in [-0.3, -0.25) is 9.78 Å². The van der Waals surface area contributed by atoms with Gasteiger partial charge in [0.25, 0.3) is 5.91 Å². The second kappa shape index (κ2) is 10.1. The van der Waals surface area contributed by atoms with E-state index >= 15 is 0 Å². The van der Waals surface area contributed by atoms with E-state index in [1.54, 1.807) is 14.0 Å². The van der Waals surface area contributed by atoms with Crippen LogP contribution in [0.2, 0.25) is 0 Å². The molecule has 3 aliphatic rings. The van der Waals surface area contributed by atoms with Crippen molar-refractivity contribution in [1.82, 2.24) is 10.3 Å². The molecule has 2 aliphatic heterocycles. The third kappa shape index (κ3) is 4.90. The van der Waals surface area contributed by atoms with Gasteiger partial charge in [-0.15, -0.1) is 0 Å². The molecule has 1 amide bonds. The lowest BCUT2D eigenvalue weighted by Crippen LogP contribution is -2.40. The maximum absolute atomic E-state index is 11.9. The van der Waals surface area contributed by atoms with E-state index in [2.05, 4.69) is 32.7 Å². The lowest BCUT2D eigenvalue weighted by molar-refractivity contribution is -0.122. The number of amides is 1. The zero-order chi connectivity index (χ0) is 25.4. The van der Waals surface area contributed by atoms with Gasteiger partial charge in [-0.2, -0.15) is 0 Å². The first-order valence-corrected chi connectivity index (χ1v) is 13.3. The molecule has 0 radical (unpaired) electrons. The Morgan fingerprint density at radius 3 is 2.84 bits per heavy atom. The maximum atomic E-state index is 11.9. The Kier molecular flexibility index (Phi) is 6.50. The van der Waals surface area contributed by atoms with Gasteiger partial charge in [-0.05, 0) is 74.4 Å². The van der Waals surface area contributed by atoms with Crippen molar-refractivity contribution in [1.29, 1.82) is 0 Å². The molecular weight excluding hydrogens is 468 g/mol. The summed E-state index contributed by atoms with van der Waals surface area (Å²) in [5.74, 6) is 2.99. The Morgan fingerprint density at radius 2 is 2.00 bits per heavy atom. The molecule has 0 bridgehead atoms. The van der Waals surface area contributed by atoms with Crippen molar-refractivity contribution in [3.8, 4) is 17.2 Å². The lowest BCUT2D eigenvalue weighted by atomic mass is 9.85. The second-order valence-electron chi connectivity index (χ2n) is 10.3. The number of nitrogens with zero attached hydrogens (tertiary/aromatic N) is 2. The molecule has 37 heavy (non-hydrogen) atoms. The summed E-state index contributed by atoms with van der Waals surface area (Å²) in [6.07, 6.45) is 6.13. The molecule has 8 heteroatoms. The van der Waals surface area contributed by atoms with Crippen LogP contribution in [0.5, 0.6) is 17.2 Å². The van der Waals surface area contributed by atoms with Gasteiger partial charge in [0.2, 0.25) is 0 Å². The van der Waals surface area contributed by atoms with Crippen molar-refractivity contribution in [2.75, 3.05) is 37.0 Å². The van der Waals surface area contributed by atoms with Crippen LogP contribution >= 0.6 is 0 Å². The summed E-state index contributed by atoms with van der Waals surface area (Å²) >= 11 is 0. The fourth-order valence-corrected chi connectivity index (χ4v) is 5.75. The van der Waals surface area contributed by atoms with E-state index in [0.717, 1.165) is 77.6 Å². The van der Waals surface area contributed by atoms with Crippen LogP contribution in [0.15, 0.2) is 42.6 Å². The number of rotatable bonds is 6. The molecule has 0 spiro atoms. The van der Waals surface area contributed by atoms with Gasteiger partial charge >= 0.3 is 0 Å². The molecule has 0 saturated heterocycles. The average molecular weight is 503 g/mol. The third-order valence-corrected chi connectivity index (χ3v) is 7.84. The van der Waals surface area contributed by atoms with Crippen molar-refractivity contribution in [3.63, 3.8) is 0 Å². The first kappa shape index (κ1) is 23.9. The van der Waals surface area contributed by atoms with E-state index in [1.165, 1.54) is 12.8 Å². The number of fused-ring (bicyclic) bond motifs is 4. The average Bonchev–Trinajstić information content (AvgIpc) is 2.93. The Balaban J connectivity index is 1.06. The highest BCUT2D eigenvalue weighted by Gasteiger charge is 2.28. The fraction of sp³-hybridized carbons (Fsp3) is 0.448. The van der Waals surface area contributed by atoms with E-state index in [1.807, 2.05) is 30.5 Å². The van der Waals surface area contributed by atoms with Gasteiger partial charge in [-0.1, -0.05) is 6.07 Å². The van der Waals surface area contributed by atoms with Crippen molar-refractivity contribution in [2.45, 2.75) is 51.3 Å². The number of ether oxygens (including phenoxy) is 3. The predicted octanol–water partition coefficient (Wildman–Crippen LogP) is 4.51. The molecule has 2 aromatic carbocycles. The van der Waals surface area contributed by atoms with Crippen molar-refractivity contribution in [2.24, 2.45) is 5.92 Å². The highest BCUT2D eigenvalue weighted by Crippen LogP contribution is 2.40. The van der Waals surface area contributed by atoms with E-state index in [4.69, 9.17) is 14.2 Å². The molecule has 1 saturated carbocycles. The van der Waals surface area contributed by atoms with Crippen LogP contribution in [0.3, 0.4) is 0 Å². The van der Waals surface area contributed by atoms with Crippen LogP contribution in [0.25, 0.3) is 10.9 Å². The van der Waals surface area contributed by atoms with E-state index < -0.39 is 6.10 Å². The van der Waals surface area contributed by atoms with Crippen LogP contribution in [0, 0.1) is 5.92 Å². The SMILES string of the molecule is COc1ccc2ncc3c(c2c1)N(CC1CCC(NCc2ccc4c(c2)NC(=O)C(C)O4)CC1)CCO3. The molecule has 194 valence electrons. The number of carbonyl (C=O) groups excluding carboxylic acids is 1. The number of hydrogen-bond donors (Lipinski definition) is 2. The zero-order valence-electron chi connectivity index (χ0n) is 21.5. The first-order chi connectivity index (χ1) is 18.1. The third-order valence-electron chi connectivity index (χ3n) is 7.84. The molecular formula is C29H34N4O4. The molecule has 1 atom stereocenters. The van der Waals surface area contributed by atoms with Crippen molar-refractivity contribution < 1.29 is 19.0 Å². The van der Waals surface area contributed by atoms with Gasteiger partial charge in [-0.25, -0.2) is 0 Å². The van der Waals surface area contributed by atoms with Crippen LogP contribution in [-0.2, 0) is 11.3 Å². The number of anilines is 2. The summed E-state index contributed by atoms with van der Waals surface area (Å²) in [6.45, 7) is 5.15. The lowest BCUT2D eigenvalue weighted by Gasteiger charge is -2.37. The largest absolute Gasteiger partial charge is 0.497 e.